The number of carbonyl (C=O) groups is 1. The Morgan fingerprint density at radius 1 is 1.21 bits per heavy atom. The summed E-state index contributed by atoms with van der Waals surface area (Å²) in [6, 6.07) is 9.42. The van der Waals surface area contributed by atoms with Crippen LogP contribution in [0.15, 0.2) is 30.3 Å². The van der Waals surface area contributed by atoms with E-state index in [1.54, 1.807) is 7.11 Å². The first kappa shape index (κ1) is 17.9. The summed E-state index contributed by atoms with van der Waals surface area (Å²) in [5.74, 6) is 0.529. The molecule has 2 rings (SSSR count). The topological polar surface area (TPSA) is 63.2 Å². The molecule has 24 heavy (non-hydrogen) atoms. The lowest BCUT2D eigenvalue weighted by molar-refractivity contribution is -0.117. The smallest absolute Gasteiger partial charge is 0.241 e. The van der Waals surface area contributed by atoms with E-state index in [-0.39, 0.29) is 11.9 Å². The highest BCUT2D eigenvalue weighted by atomic mass is 16.5. The molecule has 0 spiro atoms. The van der Waals surface area contributed by atoms with Crippen molar-refractivity contribution in [2.24, 2.45) is 0 Å². The molecule has 1 atom stereocenters. The Morgan fingerprint density at radius 3 is 2.50 bits per heavy atom. The SMILES string of the molecule is COc1nc(C)cc(C)c1CN[C@@H](C)C(=O)Nc1ccc(C)cc1. The summed E-state index contributed by atoms with van der Waals surface area (Å²) in [4.78, 5) is 16.7. The second-order valence-electron chi connectivity index (χ2n) is 6.03. The van der Waals surface area contributed by atoms with E-state index in [0.717, 1.165) is 28.1 Å². The maximum absolute atomic E-state index is 12.3. The maximum Gasteiger partial charge on any atom is 0.241 e. The van der Waals surface area contributed by atoms with E-state index in [2.05, 4.69) is 15.6 Å². The second-order valence-corrected chi connectivity index (χ2v) is 6.03. The number of nitrogens with zero attached hydrogens (tertiary/aromatic N) is 1. The minimum Gasteiger partial charge on any atom is -0.481 e. The van der Waals surface area contributed by atoms with E-state index in [0.29, 0.717) is 12.4 Å². The van der Waals surface area contributed by atoms with Crippen LogP contribution >= 0.6 is 0 Å². The Balaban J connectivity index is 1.98. The fourth-order valence-corrected chi connectivity index (χ4v) is 2.45. The number of ether oxygens (including phenoxy) is 1. The van der Waals surface area contributed by atoms with Gasteiger partial charge in [0.1, 0.15) is 0 Å². The average Bonchev–Trinajstić information content (AvgIpc) is 2.55. The number of benzene rings is 1. The monoisotopic (exact) mass is 327 g/mol. The zero-order valence-electron chi connectivity index (χ0n) is 14.9. The number of anilines is 1. The minimum absolute atomic E-state index is 0.0736. The number of methoxy groups -OCH3 is 1. The number of hydrogen-bond donors (Lipinski definition) is 2. The molecule has 0 bridgehead atoms. The molecule has 0 unspecified atom stereocenters. The summed E-state index contributed by atoms with van der Waals surface area (Å²) >= 11 is 0. The van der Waals surface area contributed by atoms with Crippen LogP contribution in [0.4, 0.5) is 5.69 Å². The summed E-state index contributed by atoms with van der Waals surface area (Å²) in [6.07, 6.45) is 0. The number of hydrogen-bond acceptors (Lipinski definition) is 4. The first-order chi connectivity index (χ1) is 11.4. The third-order valence-electron chi connectivity index (χ3n) is 3.93. The van der Waals surface area contributed by atoms with Crippen molar-refractivity contribution in [3.63, 3.8) is 0 Å². The van der Waals surface area contributed by atoms with Crippen LogP contribution in [0.5, 0.6) is 5.88 Å². The van der Waals surface area contributed by atoms with Gasteiger partial charge in [-0.25, -0.2) is 4.98 Å². The third-order valence-corrected chi connectivity index (χ3v) is 3.93. The molecule has 0 fully saturated rings. The fourth-order valence-electron chi connectivity index (χ4n) is 2.45. The van der Waals surface area contributed by atoms with Gasteiger partial charge in [-0.05, 0) is 51.5 Å². The molecular formula is C19H25N3O2. The number of amides is 1. The summed E-state index contributed by atoms with van der Waals surface area (Å²) in [5, 5.41) is 6.14. The summed E-state index contributed by atoms with van der Waals surface area (Å²) < 4.78 is 5.35. The van der Waals surface area contributed by atoms with Crippen LogP contribution in [0.1, 0.15) is 29.3 Å². The Morgan fingerprint density at radius 2 is 1.88 bits per heavy atom. The molecule has 0 saturated carbocycles. The number of rotatable bonds is 6. The van der Waals surface area contributed by atoms with Crippen molar-refractivity contribution in [3.8, 4) is 5.88 Å². The zero-order chi connectivity index (χ0) is 17.7. The van der Waals surface area contributed by atoms with Crippen LogP contribution in [-0.4, -0.2) is 24.0 Å². The Hall–Kier alpha value is -2.40. The molecule has 0 aliphatic heterocycles. The molecule has 1 heterocycles. The molecule has 1 aromatic heterocycles. The normalized spacial score (nSPS) is 11.9. The molecule has 5 heteroatoms. The summed E-state index contributed by atoms with van der Waals surface area (Å²) in [7, 11) is 1.61. The van der Waals surface area contributed by atoms with E-state index in [9.17, 15) is 4.79 Å². The lowest BCUT2D eigenvalue weighted by Crippen LogP contribution is -2.37. The summed E-state index contributed by atoms with van der Waals surface area (Å²) in [5.41, 5.74) is 4.94. The molecular weight excluding hydrogens is 302 g/mol. The van der Waals surface area contributed by atoms with Gasteiger partial charge in [-0.3, -0.25) is 4.79 Å². The van der Waals surface area contributed by atoms with Crippen molar-refractivity contribution in [2.45, 2.75) is 40.3 Å². The van der Waals surface area contributed by atoms with Gasteiger partial charge in [0.05, 0.1) is 13.2 Å². The van der Waals surface area contributed by atoms with Crippen LogP contribution in [0.2, 0.25) is 0 Å². The zero-order valence-corrected chi connectivity index (χ0v) is 14.9. The van der Waals surface area contributed by atoms with Crippen molar-refractivity contribution in [2.75, 3.05) is 12.4 Å². The summed E-state index contributed by atoms with van der Waals surface area (Å²) in [6.45, 7) is 8.33. The average molecular weight is 327 g/mol. The van der Waals surface area contributed by atoms with Crippen LogP contribution in [0.3, 0.4) is 0 Å². The first-order valence-corrected chi connectivity index (χ1v) is 8.02. The highest BCUT2D eigenvalue weighted by molar-refractivity contribution is 5.94. The highest BCUT2D eigenvalue weighted by Gasteiger charge is 2.15. The van der Waals surface area contributed by atoms with E-state index in [4.69, 9.17) is 4.74 Å². The van der Waals surface area contributed by atoms with Crippen molar-refractivity contribution in [3.05, 3.63) is 52.7 Å². The van der Waals surface area contributed by atoms with Crippen molar-refractivity contribution in [1.82, 2.24) is 10.3 Å². The number of carbonyl (C=O) groups excluding carboxylic acids is 1. The van der Waals surface area contributed by atoms with E-state index >= 15 is 0 Å². The van der Waals surface area contributed by atoms with Gasteiger partial charge < -0.3 is 15.4 Å². The molecule has 0 aliphatic rings. The molecule has 0 saturated heterocycles. The number of aryl methyl sites for hydroxylation is 3. The van der Waals surface area contributed by atoms with Gasteiger partial charge >= 0.3 is 0 Å². The van der Waals surface area contributed by atoms with Gasteiger partial charge in [0.2, 0.25) is 11.8 Å². The molecule has 5 nitrogen and oxygen atoms in total. The molecule has 0 radical (unpaired) electrons. The van der Waals surface area contributed by atoms with Crippen LogP contribution in [0, 0.1) is 20.8 Å². The molecule has 128 valence electrons. The predicted molar refractivity (Wildman–Crippen MR) is 96.4 cm³/mol. The quantitative estimate of drug-likeness (QED) is 0.855. The molecule has 1 aromatic carbocycles. The van der Waals surface area contributed by atoms with Gasteiger partial charge in [0, 0.05) is 23.5 Å². The number of pyridine rings is 1. The number of nitrogens with one attached hydrogen (secondary N) is 2. The second kappa shape index (κ2) is 7.93. The Kier molecular flexibility index (Phi) is 5.93. The van der Waals surface area contributed by atoms with E-state index < -0.39 is 0 Å². The molecule has 1 amide bonds. The maximum atomic E-state index is 12.3. The van der Waals surface area contributed by atoms with Gasteiger partial charge in [0.15, 0.2) is 0 Å². The van der Waals surface area contributed by atoms with Gasteiger partial charge in [-0.15, -0.1) is 0 Å². The lowest BCUT2D eigenvalue weighted by atomic mass is 10.1. The van der Waals surface area contributed by atoms with Crippen LogP contribution < -0.4 is 15.4 Å². The van der Waals surface area contributed by atoms with Crippen molar-refractivity contribution >= 4 is 11.6 Å². The minimum atomic E-state index is -0.336. The van der Waals surface area contributed by atoms with E-state index in [1.165, 1.54) is 0 Å². The number of aromatic nitrogens is 1. The molecule has 0 aliphatic carbocycles. The largest absolute Gasteiger partial charge is 0.481 e. The van der Waals surface area contributed by atoms with Gasteiger partial charge in [-0.2, -0.15) is 0 Å². The fraction of sp³-hybridized carbons (Fsp3) is 0.368. The molecule has 2 N–H and O–H groups in total. The predicted octanol–water partition coefficient (Wildman–Crippen LogP) is 3.13. The Labute approximate surface area is 143 Å². The van der Waals surface area contributed by atoms with Crippen molar-refractivity contribution in [1.29, 1.82) is 0 Å². The Bertz CT molecular complexity index is 711. The standard InChI is InChI=1S/C19H25N3O2/c1-12-6-8-16(9-7-12)22-18(23)15(4)20-11-17-13(2)10-14(3)21-19(17)24-5/h6-10,15,20H,11H2,1-5H3,(H,22,23)/t15-/m0/s1. The van der Waals surface area contributed by atoms with Crippen LogP contribution in [-0.2, 0) is 11.3 Å². The third kappa shape index (κ3) is 4.55. The van der Waals surface area contributed by atoms with E-state index in [1.807, 2.05) is 58.0 Å². The van der Waals surface area contributed by atoms with Crippen LogP contribution in [0.25, 0.3) is 0 Å². The van der Waals surface area contributed by atoms with Gasteiger partial charge in [0.25, 0.3) is 0 Å². The highest BCUT2D eigenvalue weighted by Crippen LogP contribution is 2.20. The van der Waals surface area contributed by atoms with Crippen molar-refractivity contribution < 1.29 is 9.53 Å². The lowest BCUT2D eigenvalue weighted by Gasteiger charge is -2.17. The van der Waals surface area contributed by atoms with Gasteiger partial charge in [-0.1, -0.05) is 17.7 Å². The first-order valence-electron chi connectivity index (χ1n) is 8.02. The molecule has 2 aromatic rings.